The fourth-order valence-corrected chi connectivity index (χ4v) is 4.17. The topological polar surface area (TPSA) is 57.6 Å². The second-order valence-electron chi connectivity index (χ2n) is 6.51. The Balaban J connectivity index is 1.82. The number of nitrogens with zero attached hydrogens (tertiary/aromatic N) is 1. The molecule has 1 heterocycles. The summed E-state index contributed by atoms with van der Waals surface area (Å²) in [5, 5.41) is 10.1. The van der Waals surface area contributed by atoms with Crippen LogP contribution in [-0.2, 0) is 9.59 Å². The molecule has 2 unspecified atom stereocenters. The van der Waals surface area contributed by atoms with Gasteiger partial charge in [0, 0.05) is 6.42 Å². The third-order valence-electron chi connectivity index (χ3n) is 5.27. The Hall–Kier alpha value is -0.900. The minimum absolute atomic E-state index is 0.0168. The van der Waals surface area contributed by atoms with Crippen LogP contribution in [0.25, 0.3) is 0 Å². The minimum Gasteiger partial charge on any atom is -0.391 e. The largest absolute Gasteiger partial charge is 0.391 e. The standard InChI is InChI=1S/C15H23NO3/c17-12-7-3-2-6-11(12)16-13(18)10-15(14(16)19)8-4-1-5-9-15/h11-12,17H,1-10H2. The van der Waals surface area contributed by atoms with Crippen molar-refractivity contribution in [2.45, 2.75) is 76.4 Å². The van der Waals surface area contributed by atoms with Crippen molar-refractivity contribution in [2.24, 2.45) is 5.41 Å². The van der Waals surface area contributed by atoms with Crippen molar-refractivity contribution in [1.29, 1.82) is 0 Å². The molecule has 3 rings (SSSR count). The summed E-state index contributed by atoms with van der Waals surface area (Å²) in [6.45, 7) is 0. The Morgan fingerprint density at radius 3 is 2.37 bits per heavy atom. The maximum Gasteiger partial charge on any atom is 0.236 e. The molecule has 19 heavy (non-hydrogen) atoms. The maximum atomic E-state index is 12.7. The zero-order valence-electron chi connectivity index (χ0n) is 11.4. The van der Waals surface area contributed by atoms with Crippen molar-refractivity contribution in [3.05, 3.63) is 0 Å². The van der Waals surface area contributed by atoms with Crippen molar-refractivity contribution in [2.75, 3.05) is 0 Å². The lowest BCUT2D eigenvalue weighted by molar-refractivity contribution is -0.148. The van der Waals surface area contributed by atoms with E-state index < -0.39 is 11.5 Å². The van der Waals surface area contributed by atoms with Crippen LogP contribution in [0, 0.1) is 5.41 Å². The second kappa shape index (κ2) is 4.89. The van der Waals surface area contributed by atoms with Gasteiger partial charge in [0.25, 0.3) is 0 Å². The number of aliphatic hydroxyl groups is 1. The highest BCUT2D eigenvalue weighted by molar-refractivity contribution is 6.06. The fraction of sp³-hybridized carbons (Fsp3) is 0.867. The third-order valence-corrected chi connectivity index (χ3v) is 5.27. The molecule has 2 amide bonds. The van der Waals surface area contributed by atoms with Gasteiger partial charge in [-0.25, -0.2) is 0 Å². The highest BCUT2D eigenvalue weighted by Crippen LogP contribution is 2.46. The van der Waals surface area contributed by atoms with E-state index >= 15 is 0 Å². The lowest BCUT2D eigenvalue weighted by Crippen LogP contribution is -2.50. The summed E-state index contributed by atoms with van der Waals surface area (Å²) in [6.07, 6.45) is 8.37. The summed E-state index contributed by atoms with van der Waals surface area (Å²) in [7, 11) is 0. The van der Waals surface area contributed by atoms with Crippen molar-refractivity contribution in [3.63, 3.8) is 0 Å². The quantitative estimate of drug-likeness (QED) is 0.738. The Morgan fingerprint density at radius 1 is 1.00 bits per heavy atom. The molecule has 2 aliphatic carbocycles. The van der Waals surface area contributed by atoms with E-state index in [1.54, 1.807) is 0 Å². The predicted octanol–water partition coefficient (Wildman–Crippen LogP) is 2.00. The molecule has 1 aliphatic heterocycles. The first-order valence-corrected chi connectivity index (χ1v) is 7.69. The van der Waals surface area contributed by atoms with Gasteiger partial charge in [-0.3, -0.25) is 14.5 Å². The van der Waals surface area contributed by atoms with Gasteiger partial charge in [-0.1, -0.05) is 32.1 Å². The molecule has 0 aromatic heterocycles. The fourth-order valence-electron chi connectivity index (χ4n) is 4.17. The first kappa shape index (κ1) is 13.1. The van der Waals surface area contributed by atoms with Crippen LogP contribution in [0.1, 0.15) is 64.2 Å². The normalized spacial score (nSPS) is 35.1. The number of rotatable bonds is 1. The molecule has 4 heteroatoms. The molecular formula is C15H23NO3. The van der Waals surface area contributed by atoms with E-state index in [0.717, 1.165) is 44.9 Å². The zero-order chi connectivity index (χ0) is 13.5. The monoisotopic (exact) mass is 265 g/mol. The molecule has 3 aliphatic rings. The van der Waals surface area contributed by atoms with Crippen LogP contribution in [0.3, 0.4) is 0 Å². The number of hydrogen-bond donors (Lipinski definition) is 1. The molecule has 4 nitrogen and oxygen atoms in total. The molecule has 2 saturated carbocycles. The number of hydrogen-bond acceptors (Lipinski definition) is 3. The molecule has 106 valence electrons. The van der Waals surface area contributed by atoms with Crippen LogP contribution >= 0.6 is 0 Å². The first-order chi connectivity index (χ1) is 9.14. The Bertz CT molecular complexity index is 387. The lowest BCUT2D eigenvalue weighted by Gasteiger charge is -2.36. The molecule has 0 aromatic rings. The molecule has 0 aromatic carbocycles. The summed E-state index contributed by atoms with van der Waals surface area (Å²) in [5.74, 6) is -0.0269. The van der Waals surface area contributed by atoms with Gasteiger partial charge in [-0.15, -0.1) is 0 Å². The molecule has 0 radical (unpaired) electrons. The van der Waals surface area contributed by atoms with Gasteiger partial charge >= 0.3 is 0 Å². The van der Waals surface area contributed by atoms with E-state index in [1.165, 1.54) is 11.3 Å². The zero-order valence-corrected chi connectivity index (χ0v) is 11.4. The maximum absolute atomic E-state index is 12.7. The van der Waals surface area contributed by atoms with Crippen LogP contribution < -0.4 is 0 Å². The van der Waals surface area contributed by atoms with E-state index in [0.29, 0.717) is 12.8 Å². The van der Waals surface area contributed by atoms with E-state index in [9.17, 15) is 14.7 Å². The van der Waals surface area contributed by atoms with E-state index in [1.807, 2.05) is 0 Å². The van der Waals surface area contributed by atoms with Crippen LogP contribution in [0.5, 0.6) is 0 Å². The number of carbonyl (C=O) groups is 2. The number of likely N-dealkylation sites (tertiary alicyclic amines) is 1. The van der Waals surface area contributed by atoms with Gasteiger partial charge in [-0.2, -0.15) is 0 Å². The molecular weight excluding hydrogens is 242 g/mol. The van der Waals surface area contributed by atoms with Gasteiger partial charge in [0.15, 0.2) is 0 Å². The predicted molar refractivity (Wildman–Crippen MR) is 70.3 cm³/mol. The van der Waals surface area contributed by atoms with Crippen molar-refractivity contribution in [1.82, 2.24) is 4.90 Å². The first-order valence-electron chi connectivity index (χ1n) is 7.69. The number of aliphatic hydroxyl groups excluding tert-OH is 1. The minimum atomic E-state index is -0.514. The van der Waals surface area contributed by atoms with E-state index in [4.69, 9.17) is 0 Å². The average Bonchev–Trinajstić information content (AvgIpc) is 2.63. The lowest BCUT2D eigenvalue weighted by atomic mass is 9.73. The molecule has 3 fully saturated rings. The number of amides is 2. The number of imide groups is 1. The summed E-state index contributed by atoms with van der Waals surface area (Å²) in [5.41, 5.74) is -0.410. The Morgan fingerprint density at radius 2 is 1.68 bits per heavy atom. The summed E-state index contributed by atoms with van der Waals surface area (Å²) in [4.78, 5) is 26.5. The Kier molecular flexibility index (Phi) is 3.37. The van der Waals surface area contributed by atoms with Crippen LogP contribution in [0.15, 0.2) is 0 Å². The SMILES string of the molecule is O=C1CC2(CCCCC2)C(=O)N1C1CCCCC1O. The molecule has 2 atom stereocenters. The third kappa shape index (κ3) is 2.10. The van der Waals surface area contributed by atoms with Crippen molar-refractivity contribution in [3.8, 4) is 0 Å². The van der Waals surface area contributed by atoms with Crippen molar-refractivity contribution >= 4 is 11.8 Å². The molecule has 0 bridgehead atoms. The summed E-state index contributed by atoms with van der Waals surface area (Å²) in [6, 6.07) is -0.255. The van der Waals surface area contributed by atoms with E-state index in [-0.39, 0.29) is 17.9 Å². The van der Waals surface area contributed by atoms with E-state index in [2.05, 4.69) is 0 Å². The van der Waals surface area contributed by atoms with Crippen LogP contribution in [0.4, 0.5) is 0 Å². The smallest absolute Gasteiger partial charge is 0.236 e. The molecule has 1 N–H and O–H groups in total. The van der Waals surface area contributed by atoms with Crippen LogP contribution in [0.2, 0.25) is 0 Å². The van der Waals surface area contributed by atoms with Gasteiger partial charge in [0.2, 0.25) is 11.8 Å². The Labute approximate surface area is 114 Å². The molecule has 1 spiro atoms. The molecule has 1 saturated heterocycles. The highest BCUT2D eigenvalue weighted by Gasteiger charge is 2.54. The van der Waals surface area contributed by atoms with Crippen LogP contribution in [-0.4, -0.2) is 34.0 Å². The second-order valence-corrected chi connectivity index (χ2v) is 6.51. The van der Waals surface area contributed by atoms with Gasteiger partial charge in [0.1, 0.15) is 0 Å². The van der Waals surface area contributed by atoms with Gasteiger partial charge < -0.3 is 5.11 Å². The summed E-state index contributed by atoms with van der Waals surface area (Å²) < 4.78 is 0. The number of carbonyl (C=O) groups excluding carboxylic acids is 2. The van der Waals surface area contributed by atoms with Gasteiger partial charge in [-0.05, 0) is 25.7 Å². The summed E-state index contributed by atoms with van der Waals surface area (Å²) >= 11 is 0. The van der Waals surface area contributed by atoms with Gasteiger partial charge in [0.05, 0.1) is 17.6 Å². The van der Waals surface area contributed by atoms with Crippen molar-refractivity contribution < 1.29 is 14.7 Å². The average molecular weight is 265 g/mol. The highest BCUT2D eigenvalue weighted by atomic mass is 16.3.